The molecule has 1 unspecified atom stereocenters. The van der Waals surface area contributed by atoms with E-state index in [0.29, 0.717) is 5.56 Å². The van der Waals surface area contributed by atoms with E-state index in [-0.39, 0.29) is 17.5 Å². The van der Waals surface area contributed by atoms with Gasteiger partial charge >= 0.3 is 0 Å². The van der Waals surface area contributed by atoms with Gasteiger partial charge in [-0.25, -0.2) is 4.39 Å². The lowest BCUT2D eigenvalue weighted by Gasteiger charge is -2.34. The summed E-state index contributed by atoms with van der Waals surface area (Å²) in [5.74, 6) is 0.116. The minimum absolute atomic E-state index is 0.141. The summed E-state index contributed by atoms with van der Waals surface area (Å²) in [6.07, 6.45) is 6.54. The number of hydrogen-bond donors (Lipinski definition) is 0. The summed E-state index contributed by atoms with van der Waals surface area (Å²) in [6.45, 7) is 1.67. The minimum Gasteiger partial charge on any atom is -0.297 e. The van der Waals surface area contributed by atoms with Crippen molar-refractivity contribution in [3.05, 3.63) is 56.6 Å². The van der Waals surface area contributed by atoms with Crippen LogP contribution in [0.2, 0.25) is 0 Å². The summed E-state index contributed by atoms with van der Waals surface area (Å²) in [5.41, 5.74) is 3.66. The Kier molecular flexibility index (Phi) is 3.86. The highest BCUT2D eigenvalue weighted by Crippen LogP contribution is 2.51. The van der Waals surface area contributed by atoms with E-state index < -0.39 is 6.04 Å². The first-order valence-corrected chi connectivity index (χ1v) is 10.1. The second-order valence-corrected chi connectivity index (χ2v) is 8.84. The first-order chi connectivity index (χ1) is 12.2. The number of carbonyl (C=O) groups excluding carboxylic acids is 1. The number of ketones is 1. The molecule has 25 heavy (non-hydrogen) atoms. The predicted octanol–water partition coefficient (Wildman–Crippen LogP) is 4.99. The first-order valence-electron chi connectivity index (χ1n) is 9.32. The summed E-state index contributed by atoms with van der Waals surface area (Å²) in [5, 5.41) is 0. The van der Waals surface area contributed by atoms with Crippen LogP contribution in [-0.4, -0.2) is 23.8 Å². The second kappa shape index (κ2) is 6.10. The van der Waals surface area contributed by atoms with Gasteiger partial charge < -0.3 is 0 Å². The van der Waals surface area contributed by atoms with Crippen molar-refractivity contribution in [2.75, 3.05) is 13.1 Å². The summed E-state index contributed by atoms with van der Waals surface area (Å²) >= 11 is 1.98. The van der Waals surface area contributed by atoms with Crippen molar-refractivity contribution in [2.45, 2.75) is 44.6 Å². The molecular weight excluding hydrogens is 333 g/mol. The van der Waals surface area contributed by atoms with E-state index >= 15 is 0 Å². The van der Waals surface area contributed by atoms with E-state index in [1.165, 1.54) is 29.4 Å². The molecule has 0 aromatic heterocycles. The fourth-order valence-electron chi connectivity index (χ4n) is 4.07. The maximum absolute atomic E-state index is 14.5. The smallest absolute Gasteiger partial charge is 0.157 e. The van der Waals surface area contributed by atoms with Crippen molar-refractivity contribution >= 4 is 17.5 Å². The Labute approximate surface area is 152 Å². The molecule has 2 aliphatic carbocycles. The van der Waals surface area contributed by atoms with E-state index in [1.807, 2.05) is 17.8 Å². The standard InChI is InChI=1S/C21H22FNOS/c22-17-4-2-1-3-16(17)20(21(24)14-7-8-14)23-10-9-18-15(12-23)11-19(25-18)13-5-6-13/h1-4,14,20H,5-12H2. The average molecular weight is 355 g/mol. The number of rotatable bonds is 4. The fourth-order valence-corrected chi connectivity index (χ4v) is 5.43. The van der Waals surface area contributed by atoms with Crippen molar-refractivity contribution in [1.82, 2.24) is 4.90 Å². The number of thioether (sulfide) groups is 1. The lowest BCUT2D eigenvalue weighted by Crippen LogP contribution is -2.39. The van der Waals surface area contributed by atoms with Crippen LogP contribution < -0.4 is 0 Å². The normalized spacial score (nSPS) is 24.5. The number of benzene rings is 1. The maximum Gasteiger partial charge on any atom is 0.157 e. The molecule has 1 aromatic rings. The van der Waals surface area contributed by atoms with E-state index in [4.69, 9.17) is 0 Å². The van der Waals surface area contributed by atoms with Crippen molar-refractivity contribution in [3.8, 4) is 0 Å². The van der Waals surface area contributed by atoms with Gasteiger partial charge in [0.2, 0.25) is 0 Å². The molecule has 1 aromatic carbocycles. The Morgan fingerprint density at radius 1 is 1.12 bits per heavy atom. The lowest BCUT2D eigenvalue weighted by atomic mass is 9.94. The zero-order chi connectivity index (χ0) is 17.0. The molecule has 0 spiro atoms. The van der Waals surface area contributed by atoms with Crippen LogP contribution in [-0.2, 0) is 4.79 Å². The van der Waals surface area contributed by atoms with Crippen molar-refractivity contribution in [1.29, 1.82) is 0 Å². The van der Waals surface area contributed by atoms with Crippen LogP contribution in [0.5, 0.6) is 0 Å². The predicted molar refractivity (Wildman–Crippen MR) is 98.6 cm³/mol. The molecule has 0 bridgehead atoms. The molecule has 5 rings (SSSR count). The number of Topliss-reactive ketones (excluding diaryl/α,β-unsaturated/α-hetero) is 1. The molecule has 0 saturated heterocycles. The monoisotopic (exact) mass is 355 g/mol. The van der Waals surface area contributed by atoms with Crippen LogP contribution >= 0.6 is 11.8 Å². The molecule has 4 aliphatic rings. The second-order valence-electron chi connectivity index (χ2n) is 7.65. The minimum atomic E-state index is -0.412. The average Bonchev–Trinajstić information content (AvgIpc) is 3.52. The Morgan fingerprint density at radius 3 is 2.64 bits per heavy atom. The third kappa shape index (κ3) is 3.00. The fraction of sp³-hybridized carbons (Fsp3) is 0.476. The van der Waals surface area contributed by atoms with Crippen LogP contribution in [0, 0.1) is 11.7 Å². The van der Waals surface area contributed by atoms with Crippen LogP contribution in [0.15, 0.2) is 45.2 Å². The molecular formula is C21H22FNOS. The molecule has 2 saturated carbocycles. The largest absolute Gasteiger partial charge is 0.297 e. The van der Waals surface area contributed by atoms with Gasteiger partial charge in [-0.2, -0.15) is 0 Å². The third-order valence-corrected chi connectivity index (χ3v) is 7.16. The van der Waals surface area contributed by atoms with Crippen molar-refractivity contribution in [3.63, 3.8) is 0 Å². The highest BCUT2D eigenvalue weighted by Gasteiger charge is 2.41. The third-order valence-electron chi connectivity index (χ3n) is 5.74. The van der Waals surface area contributed by atoms with Gasteiger partial charge in [0.25, 0.3) is 0 Å². The molecule has 2 aliphatic heterocycles. The van der Waals surface area contributed by atoms with Crippen LogP contribution in [0.4, 0.5) is 4.39 Å². The van der Waals surface area contributed by atoms with Gasteiger partial charge in [0, 0.05) is 31.0 Å². The Bertz CT molecular complexity index is 802. The van der Waals surface area contributed by atoms with Gasteiger partial charge in [0.1, 0.15) is 5.82 Å². The summed E-state index contributed by atoms with van der Waals surface area (Å²) in [4.78, 5) is 18.3. The van der Waals surface area contributed by atoms with E-state index in [1.54, 1.807) is 22.6 Å². The zero-order valence-electron chi connectivity index (χ0n) is 14.3. The van der Waals surface area contributed by atoms with Gasteiger partial charge in [-0.1, -0.05) is 35.5 Å². The zero-order valence-corrected chi connectivity index (χ0v) is 15.1. The highest BCUT2D eigenvalue weighted by molar-refractivity contribution is 8.07. The molecule has 0 amide bonds. The maximum atomic E-state index is 14.5. The molecule has 1 atom stereocenters. The van der Waals surface area contributed by atoms with Gasteiger partial charge in [-0.15, -0.1) is 0 Å². The number of allylic oxidation sites excluding steroid dienone is 2. The summed E-state index contributed by atoms with van der Waals surface area (Å²) in [7, 11) is 0. The van der Waals surface area contributed by atoms with E-state index in [0.717, 1.165) is 38.8 Å². The number of nitrogens with zero attached hydrogens (tertiary/aromatic N) is 1. The summed E-state index contributed by atoms with van der Waals surface area (Å²) < 4.78 is 14.5. The highest BCUT2D eigenvalue weighted by atomic mass is 32.2. The quantitative estimate of drug-likeness (QED) is 0.759. The topological polar surface area (TPSA) is 20.3 Å². The van der Waals surface area contributed by atoms with Gasteiger partial charge in [0.15, 0.2) is 5.78 Å². The van der Waals surface area contributed by atoms with Gasteiger partial charge in [-0.05, 0) is 53.6 Å². The van der Waals surface area contributed by atoms with Gasteiger partial charge in [0.05, 0.1) is 6.04 Å². The Balaban J connectivity index is 1.43. The molecule has 130 valence electrons. The molecule has 2 fully saturated rings. The number of halogens is 1. The first kappa shape index (κ1) is 15.8. The molecule has 0 N–H and O–H groups in total. The Morgan fingerprint density at radius 2 is 1.92 bits per heavy atom. The van der Waals surface area contributed by atoms with Crippen LogP contribution in [0.3, 0.4) is 0 Å². The molecule has 2 heterocycles. The SMILES string of the molecule is O=C(C1CC1)C(c1ccccc1F)N1CCC2=C(CC(=C3CC3)S2)C1. The molecule has 0 radical (unpaired) electrons. The number of carbonyl (C=O) groups is 1. The molecule has 4 heteroatoms. The van der Waals surface area contributed by atoms with Crippen LogP contribution in [0.25, 0.3) is 0 Å². The lowest BCUT2D eigenvalue weighted by molar-refractivity contribution is -0.125. The van der Waals surface area contributed by atoms with Crippen molar-refractivity contribution < 1.29 is 9.18 Å². The van der Waals surface area contributed by atoms with Crippen LogP contribution in [0.1, 0.15) is 50.1 Å². The van der Waals surface area contributed by atoms with E-state index in [2.05, 4.69) is 4.90 Å². The van der Waals surface area contributed by atoms with Gasteiger partial charge in [-0.3, -0.25) is 9.69 Å². The van der Waals surface area contributed by atoms with E-state index in [9.17, 15) is 9.18 Å². The Hall–Kier alpha value is -1.39. The number of hydrogen-bond acceptors (Lipinski definition) is 3. The summed E-state index contributed by atoms with van der Waals surface area (Å²) in [6, 6.07) is 6.42. The molecule has 2 nitrogen and oxygen atoms in total. The van der Waals surface area contributed by atoms with Crippen molar-refractivity contribution in [2.24, 2.45) is 5.92 Å².